The van der Waals surface area contributed by atoms with Crippen molar-refractivity contribution in [2.75, 3.05) is 18.6 Å². The quantitative estimate of drug-likeness (QED) is 0.190. The molecule has 0 bridgehead atoms. The lowest BCUT2D eigenvalue weighted by Crippen LogP contribution is -2.18. The van der Waals surface area contributed by atoms with Crippen LogP contribution in [0.5, 0.6) is 0 Å². The number of carboxylic acid groups (broad SMARTS) is 1. The Morgan fingerprint density at radius 3 is 2.03 bits per heavy atom. The van der Waals surface area contributed by atoms with Gasteiger partial charge < -0.3 is 18.7 Å². The van der Waals surface area contributed by atoms with E-state index in [9.17, 15) is 18.0 Å². The van der Waals surface area contributed by atoms with Gasteiger partial charge in [0.05, 0.1) is 16.9 Å². The predicted octanol–water partition coefficient (Wildman–Crippen LogP) is 1.63. The SMILES string of the molecule is CSc1ncc(-c2nc(C(=O)OCCS(=O)(=O)c3ncc(-c4nc(C(=O)O)co4)cn3)co2)cn1. The number of carboxylic acids is 1. The molecule has 0 aliphatic carbocycles. The van der Waals surface area contributed by atoms with Crippen molar-refractivity contribution < 1.29 is 36.7 Å². The summed E-state index contributed by atoms with van der Waals surface area (Å²) >= 11 is 1.36. The number of carbonyl (C=O) groups is 2. The minimum atomic E-state index is -4.00. The Hall–Kier alpha value is -4.18. The molecule has 4 aromatic rings. The Labute approximate surface area is 200 Å². The maximum atomic E-state index is 12.4. The number of hydrogen-bond acceptors (Lipinski definition) is 14. The molecule has 0 fully saturated rings. The highest BCUT2D eigenvalue weighted by Crippen LogP contribution is 2.20. The minimum absolute atomic E-state index is 0.0842. The van der Waals surface area contributed by atoms with E-state index in [4.69, 9.17) is 18.7 Å². The molecule has 4 rings (SSSR count). The van der Waals surface area contributed by atoms with Gasteiger partial charge in [0.2, 0.25) is 26.8 Å². The van der Waals surface area contributed by atoms with Crippen LogP contribution in [0.15, 0.2) is 56.5 Å². The smallest absolute Gasteiger partial charge is 0.360 e. The summed E-state index contributed by atoms with van der Waals surface area (Å²) in [7, 11) is -4.00. The Kier molecular flexibility index (Phi) is 6.83. The molecule has 0 unspecified atom stereocenters. The highest BCUT2D eigenvalue weighted by atomic mass is 32.2. The van der Waals surface area contributed by atoms with Crippen molar-refractivity contribution in [1.29, 1.82) is 0 Å². The van der Waals surface area contributed by atoms with Crippen LogP contribution in [0.25, 0.3) is 22.9 Å². The first kappa shape index (κ1) is 24.0. The third kappa shape index (κ3) is 5.49. The van der Waals surface area contributed by atoms with Crippen LogP contribution < -0.4 is 0 Å². The summed E-state index contributed by atoms with van der Waals surface area (Å²) in [6.45, 7) is -0.484. The van der Waals surface area contributed by atoms with Gasteiger partial charge >= 0.3 is 11.9 Å². The number of sulfone groups is 1. The summed E-state index contributed by atoms with van der Waals surface area (Å²) in [6.07, 6.45) is 9.06. The van der Waals surface area contributed by atoms with E-state index in [1.165, 1.54) is 24.2 Å². The molecular formula is C19H14N6O8S2. The van der Waals surface area contributed by atoms with E-state index in [0.29, 0.717) is 10.7 Å². The van der Waals surface area contributed by atoms with Crippen molar-refractivity contribution in [2.24, 2.45) is 0 Å². The van der Waals surface area contributed by atoms with Crippen molar-refractivity contribution >= 4 is 33.5 Å². The van der Waals surface area contributed by atoms with Crippen LogP contribution in [0, 0.1) is 0 Å². The molecule has 35 heavy (non-hydrogen) atoms. The molecular weight excluding hydrogens is 504 g/mol. The number of nitrogens with zero attached hydrogens (tertiary/aromatic N) is 6. The maximum Gasteiger partial charge on any atom is 0.360 e. The van der Waals surface area contributed by atoms with E-state index in [-0.39, 0.29) is 28.7 Å². The largest absolute Gasteiger partial charge is 0.476 e. The van der Waals surface area contributed by atoms with Crippen LogP contribution in [0.1, 0.15) is 21.0 Å². The van der Waals surface area contributed by atoms with Crippen LogP contribution in [0.2, 0.25) is 0 Å². The molecule has 0 radical (unpaired) electrons. The standard InChI is InChI=1S/C19H14N6O8S2/c1-34-18-20-4-10(5-21-18)15-25-13(9-33-15)17(28)31-2-3-35(29,30)19-22-6-11(7-23-19)14-24-12(8-32-14)16(26)27/h4-9H,2-3H2,1H3,(H,26,27). The highest BCUT2D eigenvalue weighted by molar-refractivity contribution is 7.98. The lowest BCUT2D eigenvalue weighted by Gasteiger charge is -2.04. The third-order valence-electron chi connectivity index (χ3n) is 4.23. The van der Waals surface area contributed by atoms with Crippen LogP contribution >= 0.6 is 11.8 Å². The Morgan fingerprint density at radius 2 is 1.49 bits per heavy atom. The van der Waals surface area contributed by atoms with E-state index in [1.807, 2.05) is 6.26 Å². The fourth-order valence-electron chi connectivity index (χ4n) is 2.53. The number of hydrogen-bond donors (Lipinski definition) is 1. The number of carbonyl (C=O) groups excluding carboxylic acids is 1. The zero-order valence-corrected chi connectivity index (χ0v) is 19.3. The molecule has 0 spiro atoms. The molecule has 0 atom stereocenters. The van der Waals surface area contributed by atoms with Crippen molar-refractivity contribution in [3.63, 3.8) is 0 Å². The number of esters is 1. The van der Waals surface area contributed by atoms with Gasteiger partial charge in [-0.1, -0.05) is 11.8 Å². The molecule has 4 heterocycles. The van der Waals surface area contributed by atoms with Crippen molar-refractivity contribution in [3.8, 4) is 22.9 Å². The van der Waals surface area contributed by atoms with E-state index in [0.717, 1.165) is 24.9 Å². The summed E-state index contributed by atoms with van der Waals surface area (Å²) in [6, 6.07) is 0. The average molecular weight is 518 g/mol. The lowest BCUT2D eigenvalue weighted by molar-refractivity contribution is 0.0521. The fraction of sp³-hybridized carbons (Fsp3) is 0.158. The first-order valence-corrected chi connectivity index (χ1v) is 12.4. The van der Waals surface area contributed by atoms with Crippen molar-refractivity contribution in [2.45, 2.75) is 10.3 Å². The number of aromatic carboxylic acids is 1. The Morgan fingerprint density at radius 1 is 0.943 bits per heavy atom. The summed E-state index contributed by atoms with van der Waals surface area (Å²) in [5.74, 6) is -2.73. The van der Waals surface area contributed by atoms with Gasteiger partial charge in [-0.25, -0.2) is 47.9 Å². The van der Waals surface area contributed by atoms with Gasteiger partial charge in [-0.3, -0.25) is 0 Å². The van der Waals surface area contributed by atoms with Crippen molar-refractivity contribution in [1.82, 2.24) is 29.9 Å². The van der Waals surface area contributed by atoms with Gasteiger partial charge in [0.15, 0.2) is 16.5 Å². The monoisotopic (exact) mass is 518 g/mol. The molecule has 0 aliphatic rings. The normalized spacial score (nSPS) is 11.3. The number of aromatic nitrogens is 6. The number of thioether (sulfide) groups is 1. The van der Waals surface area contributed by atoms with Crippen LogP contribution in [0.4, 0.5) is 0 Å². The van der Waals surface area contributed by atoms with E-state index < -0.39 is 39.3 Å². The third-order valence-corrected chi connectivity index (χ3v) is 6.28. The summed E-state index contributed by atoms with van der Waals surface area (Å²) < 4.78 is 40.1. The number of oxazole rings is 2. The highest BCUT2D eigenvalue weighted by Gasteiger charge is 2.22. The molecule has 0 saturated heterocycles. The summed E-state index contributed by atoms with van der Waals surface area (Å²) in [5, 5.41) is 8.92. The second-order valence-corrected chi connectivity index (χ2v) is 9.32. The zero-order valence-electron chi connectivity index (χ0n) is 17.7. The number of rotatable bonds is 9. The van der Waals surface area contributed by atoms with Gasteiger partial charge in [-0.05, 0) is 6.26 Å². The Bertz CT molecular complexity index is 1470. The topological polar surface area (TPSA) is 201 Å². The van der Waals surface area contributed by atoms with E-state index >= 15 is 0 Å². The van der Waals surface area contributed by atoms with Crippen molar-refractivity contribution in [3.05, 3.63) is 48.7 Å². The van der Waals surface area contributed by atoms with Gasteiger partial charge in [-0.15, -0.1) is 0 Å². The van der Waals surface area contributed by atoms with Gasteiger partial charge in [0.25, 0.3) is 0 Å². The molecule has 0 saturated carbocycles. The molecule has 0 aromatic carbocycles. The van der Waals surface area contributed by atoms with Crippen LogP contribution in [0.3, 0.4) is 0 Å². The van der Waals surface area contributed by atoms with E-state index in [2.05, 4.69) is 29.9 Å². The lowest BCUT2D eigenvalue weighted by atomic mass is 10.3. The fourth-order valence-corrected chi connectivity index (χ4v) is 3.76. The molecule has 14 nitrogen and oxygen atoms in total. The second kappa shape index (κ2) is 9.98. The molecule has 16 heteroatoms. The first-order valence-electron chi connectivity index (χ1n) is 9.50. The second-order valence-electron chi connectivity index (χ2n) is 6.55. The molecule has 180 valence electrons. The molecule has 0 aliphatic heterocycles. The summed E-state index contributed by atoms with van der Waals surface area (Å²) in [4.78, 5) is 46.5. The van der Waals surface area contributed by atoms with Gasteiger partial charge in [-0.2, -0.15) is 0 Å². The molecule has 4 aromatic heterocycles. The average Bonchev–Trinajstić information content (AvgIpc) is 3.55. The van der Waals surface area contributed by atoms with Crippen LogP contribution in [-0.4, -0.2) is 74.0 Å². The van der Waals surface area contributed by atoms with Gasteiger partial charge in [0.1, 0.15) is 19.1 Å². The van der Waals surface area contributed by atoms with Crippen LogP contribution in [-0.2, 0) is 14.6 Å². The predicted molar refractivity (Wildman–Crippen MR) is 116 cm³/mol. The Balaban J connectivity index is 1.34. The number of ether oxygens (including phenoxy) is 1. The van der Waals surface area contributed by atoms with Gasteiger partial charge in [0, 0.05) is 24.8 Å². The van der Waals surface area contributed by atoms with E-state index in [1.54, 1.807) is 0 Å². The first-order chi connectivity index (χ1) is 16.8. The minimum Gasteiger partial charge on any atom is -0.476 e. The summed E-state index contributed by atoms with van der Waals surface area (Å²) in [5.41, 5.74) is 0.158. The maximum absolute atomic E-state index is 12.4. The molecule has 1 N–H and O–H groups in total. The zero-order chi connectivity index (χ0) is 25.0. The molecule has 0 amide bonds.